The highest BCUT2D eigenvalue weighted by molar-refractivity contribution is 6.29. The second kappa shape index (κ2) is 14.6. The van der Waals surface area contributed by atoms with Crippen LogP contribution in [-0.4, -0.2) is 9.13 Å². The molecule has 9 aromatic carbocycles. The summed E-state index contributed by atoms with van der Waals surface area (Å²) in [5.41, 5.74) is 15.5. The number of rotatable bonds is 2. The van der Waals surface area contributed by atoms with E-state index in [4.69, 9.17) is 8.83 Å². The fraction of sp³-hybridized carbons (Fsp3) is 0.239. The van der Waals surface area contributed by atoms with E-state index in [-0.39, 0.29) is 21.7 Å². The molecule has 72 heavy (non-hydrogen) atoms. The molecule has 0 aliphatic carbocycles. The van der Waals surface area contributed by atoms with Crippen molar-refractivity contribution in [2.24, 2.45) is 0 Å². The molecule has 13 rings (SSSR count). The SMILES string of the molecule is CC(C)(C)c1ccc2c(c1)c1cc(C(C)(C)C)ccc1n2-c1ccc2cc3c(cc2c1)oc1cc(C#N)c2oc4cc5cc(-n6c7ccc(C(C)(C)C)cc7c7cc(C(C)(C)C)ccc76)ccc5cc4c2c13. The van der Waals surface area contributed by atoms with Crippen LogP contribution in [0.25, 0.3) is 120 Å². The minimum absolute atomic E-state index is 0.0206. The van der Waals surface area contributed by atoms with Crippen LogP contribution < -0.4 is 0 Å². The molecular weight excluding hydrogens is 879 g/mol. The smallest absolute Gasteiger partial charge is 0.154 e. The van der Waals surface area contributed by atoms with Gasteiger partial charge >= 0.3 is 0 Å². The standard InChI is InChI=1S/C67H59N3O2/c1-64(2,3)42-15-21-54-48(32-42)49-33-43(65(4,5)6)16-22-55(49)69(54)46-19-13-37-27-52-58(29-39(37)25-46)71-60-31-41(36-68)63-62(61(52)60)53-28-38-14-20-47(26-40(38)30-59(53)72-63)70-56-23-17-44(66(7,8)9)34-50(56)51-35-45(67(10,11)12)18-24-57(51)70/h13-35H,1-12H3. The summed E-state index contributed by atoms with van der Waals surface area (Å²) in [7, 11) is 0. The summed E-state index contributed by atoms with van der Waals surface area (Å²) >= 11 is 0. The first-order valence-corrected chi connectivity index (χ1v) is 25.4. The minimum Gasteiger partial charge on any atom is -0.456 e. The Morgan fingerprint density at radius 2 is 0.722 bits per heavy atom. The normalized spacial score (nSPS) is 13.3. The van der Waals surface area contributed by atoms with E-state index in [1.54, 1.807) is 0 Å². The third kappa shape index (κ3) is 6.57. The van der Waals surface area contributed by atoms with Crippen molar-refractivity contribution in [1.82, 2.24) is 9.13 Å². The van der Waals surface area contributed by atoms with E-state index in [9.17, 15) is 5.26 Å². The van der Waals surface area contributed by atoms with Crippen LogP contribution in [0.5, 0.6) is 0 Å². The zero-order chi connectivity index (χ0) is 50.1. The summed E-state index contributed by atoms with van der Waals surface area (Å²) in [4.78, 5) is 0. The molecule has 0 N–H and O–H groups in total. The van der Waals surface area contributed by atoms with Gasteiger partial charge in [-0.1, -0.05) is 119 Å². The average molecular weight is 938 g/mol. The van der Waals surface area contributed by atoms with E-state index in [0.717, 1.165) is 65.6 Å². The number of furan rings is 2. The summed E-state index contributed by atoms with van der Waals surface area (Å²) < 4.78 is 18.3. The average Bonchev–Trinajstić information content (AvgIpc) is 4.07. The van der Waals surface area contributed by atoms with Crippen LogP contribution in [0.4, 0.5) is 0 Å². The van der Waals surface area contributed by atoms with Crippen LogP contribution in [0.1, 0.15) is 111 Å². The van der Waals surface area contributed by atoms with Crippen molar-refractivity contribution in [2.45, 2.75) is 105 Å². The highest BCUT2D eigenvalue weighted by Crippen LogP contribution is 2.46. The van der Waals surface area contributed by atoms with E-state index >= 15 is 0 Å². The molecule has 4 heterocycles. The second-order valence-corrected chi connectivity index (χ2v) is 24.7. The van der Waals surface area contributed by atoms with Gasteiger partial charge in [-0.25, -0.2) is 0 Å². The number of hydrogen-bond acceptors (Lipinski definition) is 3. The zero-order valence-corrected chi connectivity index (χ0v) is 43.4. The number of aromatic nitrogens is 2. The number of nitrogens with zero attached hydrogens (tertiary/aromatic N) is 3. The van der Waals surface area contributed by atoms with Crippen LogP contribution in [0.2, 0.25) is 0 Å². The van der Waals surface area contributed by atoms with Gasteiger partial charge in [0.15, 0.2) is 5.58 Å². The van der Waals surface area contributed by atoms with Gasteiger partial charge in [0.05, 0.1) is 27.6 Å². The van der Waals surface area contributed by atoms with Gasteiger partial charge < -0.3 is 18.0 Å². The lowest BCUT2D eigenvalue weighted by molar-refractivity contribution is 0.590. The summed E-state index contributed by atoms with van der Waals surface area (Å²) in [6, 6.07) is 54.5. The zero-order valence-electron chi connectivity index (χ0n) is 43.4. The van der Waals surface area contributed by atoms with E-state index in [0.29, 0.717) is 16.7 Å². The van der Waals surface area contributed by atoms with Crippen molar-refractivity contribution in [3.8, 4) is 17.4 Å². The van der Waals surface area contributed by atoms with Crippen molar-refractivity contribution >= 4 is 109 Å². The Balaban J connectivity index is 0.971. The summed E-state index contributed by atoms with van der Waals surface area (Å²) in [5.74, 6) is 0. The third-order valence-corrected chi connectivity index (χ3v) is 15.7. The number of hydrogen-bond donors (Lipinski definition) is 0. The molecule has 0 amide bonds. The first-order valence-electron chi connectivity index (χ1n) is 25.4. The predicted molar refractivity (Wildman–Crippen MR) is 304 cm³/mol. The fourth-order valence-corrected chi connectivity index (χ4v) is 11.5. The van der Waals surface area contributed by atoms with Gasteiger partial charge in [-0.3, -0.25) is 0 Å². The number of nitriles is 1. The maximum atomic E-state index is 10.6. The van der Waals surface area contributed by atoms with Crippen LogP contribution >= 0.6 is 0 Å². The third-order valence-electron chi connectivity index (χ3n) is 15.7. The largest absolute Gasteiger partial charge is 0.456 e. The van der Waals surface area contributed by atoms with E-state index in [1.165, 1.54) is 65.9 Å². The van der Waals surface area contributed by atoms with Gasteiger partial charge in [-0.05, 0) is 163 Å². The Labute approximate surface area is 419 Å². The van der Waals surface area contributed by atoms with Gasteiger partial charge in [0.2, 0.25) is 0 Å². The monoisotopic (exact) mass is 937 g/mol. The molecule has 0 aliphatic rings. The number of fused-ring (bicyclic) bond motifs is 15. The molecule has 0 saturated carbocycles. The molecule has 13 aromatic rings. The Bertz CT molecular complexity index is 4400. The van der Waals surface area contributed by atoms with E-state index in [2.05, 4.69) is 232 Å². The summed E-state index contributed by atoms with van der Waals surface area (Å²) in [6.45, 7) is 27.4. The molecule has 0 fully saturated rings. The Morgan fingerprint density at radius 3 is 1.10 bits per heavy atom. The first kappa shape index (κ1) is 44.2. The quantitative estimate of drug-likeness (QED) is 0.173. The predicted octanol–water partition coefficient (Wildman–Crippen LogP) is 19.0. The maximum absolute atomic E-state index is 10.6. The Morgan fingerprint density at radius 1 is 0.347 bits per heavy atom. The minimum atomic E-state index is 0.0206. The molecule has 0 saturated heterocycles. The maximum Gasteiger partial charge on any atom is 0.154 e. The fourth-order valence-electron chi connectivity index (χ4n) is 11.5. The molecule has 5 heteroatoms. The van der Waals surface area contributed by atoms with Crippen molar-refractivity contribution < 1.29 is 8.83 Å². The lowest BCUT2D eigenvalue weighted by Gasteiger charge is -2.19. The second-order valence-electron chi connectivity index (χ2n) is 24.7. The van der Waals surface area contributed by atoms with Crippen LogP contribution in [0, 0.1) is 11.3 Å². The summed E-state index contributed by atoms with van der Waals surface area (Å²) in [5, 5.41) is 23.8. The van der Waals surface area contributed by atoms with Crippen molar-refractivity contribution in [3.05, 3.63) is 167 Å². The van der Waals surface area contributed by atoms with Gasteiger partial charge in [0.25, 0.3) is 0 Å². The molecular formula is C67H59N3O2. The molecule has 0 aliphatic heterocycles. The Hall–Kier alpha value is -7.81. The lowest BCUT2D eigenvalue weighted by atomic mass is 9.85. The van der Waals surface area contributed by atoms with Crippen molar-refractivity contribution in [3.63, 3.8) is 0 Å². The van der Waals surface area contributed by atoms with Crippen molar-refractivity contribution in [1.29, 1.82) is 5.26 Å². The van der Waals surface area contributed by atoms with Crippen LogP contribution in [0.15, 0.2) is 148 Å². The van der Waals surface area contributed by atoms with Gasteiger partial charge in [0.1, 0.15) is 22.8 Å². The topological polar surface area (TPSA) is 59.9 Å². The molecule has 4 aromatic heterocycles. The molecule has 0 atom stereocenters. The van der Waals surface area contributed by atoms with Crippen LogP contribution in [0.3, 0.4) is 0 Å². The van der Waals surface area contributed by atoms with E-state index < -0.39 is 0 Å². The first-order chi connectivity index (χ1) is 34.1. The van der Waals surface area contributed by atoms with Gasteiger partial charge in [-0.2, -0.15) is 5.26 Å². The molecule has 0 spiro atoms. The molecule has 0 unspecified atom stereocenters. The molecule has 0 bridgehead atoms. The van der Waals surface area contributed by atoms with Crippen LogP contribution in [-0.2, 0) is 21.7 Å². The van der Waals surface area contributed by atoms with Gasteiger partial charge in [-0.15, -0.1) is 0 Å². The number of benzene rings is 9. The summed E-state index contributed by atoms with van der Waals surface area (Å²) in [6.07, 6.45) is 0. The van der Waals surface area contributed by atoms with Crippen molar-refractivity contribution in [2.75, 3.05) is 0 Å². The Kier molecular flexibility index (Phi) is 8.98. The molecule has 0 radical (unpaired) electrons. The van der Waals surface area contributed by atoms with Gasteiger partial charge in [0, 0.05) is 60.5 Å². The highest BCUT2D eigenvalue weighted by Gasteiger charge is 2.25. The lowest BCUT2D eigenvalue weighted by Crippen LogP contribution is -2.10. The highest BCUT2D eigenvalue weighted by atomic mass is 16.3. The van der Waals surface area contributed by atoms with E-state index in [1.807, 2.05) is 6.07 Å². The molecule has 354 valence electrons. The molecule has 5 nitrogen and oxygen atoms in total.